The summed E-state index contributed by atoms with van der Waals surface area (Å²) in [7, 11) is 0. The smallest absolute Gasteiger partial charge is 0.408 e. The highest BCUT2D eigenvalue weighted by Gasteiger charge is 2.37. The van der Waals surface area contributed by atoms with Gasteiger partial charge in [-0.05, 0) is 51.8 Å². The second-order valence-electron chi connectivity index (χ2n) is 10.4. The van der Waals surface area contributed by atoms with Crippen LogP contribution in [0.4, 0.5) is 10.5 Å². The van der Waals surface area contributed by atoms with E-state index in [1.807, 2.05) is 0 Å². The lowest BCUT2D eigenvalue weighted by atomic mass is 10.0. The molecular formula is C29H40ClN3O6. The number of rotatable bonds is 12. The Morgan fingerprint density at radius 1 is 1.05 bits per heavy atom. The number of carbonyl (C=O) groups is 3. The largest absolute Gasteiger partial charge is 0.508 e. The van der Waals surface area contributed by atoms with Gasteiger partial charge in [0.05, 0.1) is 17.3 Å². The standard InChI is InChI=1S/C29H40ClN3O6/c1-6-7-8-11-17-33(27(37)22(18-34)31-28(38)39-29(3,4)5)25(20-14-9-10-16-23(20)35)26(36)32-24-19(2)13-12-15-21(24)30/h9-10,12-16,22,25,34-35H,6-8,11,17-18H2,1-5H3,(H,31,38)(H,32,36). The molecule has 0 saturated heterocycles. The van der Waals surface area contributed by atoms with E-state index in [0.29, 0.717) is 22.7 Å². The molecule has 0 heterocycles. The van der Waals surface area contributed by atoms with Crippen molar-refractivity contribution in [1.82, 2.24) is 10.2 Å². The number of benzene rings is 2. The van der Waals surface area contributed by atoms with Crippen molar-refractivity contribution in [3.8, 4) is 5.75 Å². The highest BCUT2D eigenvalue weighted by Crippen LogP contribution is 2.33. The average molecular weight is 562 g/mol. The van der Waals surface area contributed by atoms with Crippen molar-refractivity contribution in [2.45, 2.75) is 78.0 Å². The minimum absolute atomic E-state index is 0.138. The number of ether oxygens (including phenoxy) is 1. The van der Waals surface area contributed by atoms with Crippen LogP contribution >= 0.6 is 11.6 Å². The summed E-state index contributed by atoms with van der Waals surface area (Å²) in [6.45, 7) is 8.30. The number of aromatic hydroxyl groups is 1. The van der Waals surface area contributed by atoms with Crippen molar-refractivity contribution in [1.29, 1.82) is 0 Å². The zero-order chi connectivity index (χ0) is 29.2. The summed E-state index contributed by atoms with van der Waals surface area (Å²) >= 11 is 6.36. The Labute approximate surface area is 235 Å². The highest BCUT2D eigenvalue weighted by atomic mass is 35.5. The van der Waals surface area contributed by atoms with Crippen LogP contribution in [0.15, 0.2) is 42.5 Å². The van der Waals surface area contributed by atoms with E-state index in [2.05, 4.69) is 17.6 Å². The van der Waals surface area contributed by atoms with Gasteiger partial charge in [-0.3, -0.25) is 9.59 Å². The number of hydrogen-bond donors (Lipinski definition) is 4. The zero-order valence-corrected chi connectivity index (χ0v) is 24.0. The second kappa shape index (κ2) is 14.7. The summed E-state index contributed by atoms with van der Waals surface area (Å²) in [5.41, 5.74) is 0.469. The number of hydrogen-bond acceptors (Lipinski definition) is 6. The van der Waals surface area contributed by atoms with Crippen molar-refractivity contribution in [3.63, 3.8) is 0 Å². The first-order valence-corrected chi connectivity index (χ1v) is 13.5. The highest BCUT2D eigenvalue weighted by molar-refractivity contribution is 6.34. The molecule has 10 heteroatoms. The molecular weight excluding hydrogens is 522 g/mol. The van der Waals surface area contributed by atoms with Crippen molar-refractivity contribution in [3.05, 3.63) is 58.6 Å². The average Bonchev–Trinajstić information content (AvgIpc) is 2.86. The molecule has 0 aliphatic rings. The Bertz CT molecular complexity index is 1110. The monoisotopic (exact) mass is 561 g/mol. The molecule has 0 radical (unpaired) electrons. The Kier molecular flexibility index (Phi) is 12.1. The molecule has 0 aromatic heterocycles. The van der Waals surface area contributed by atoms with E-state index >= 15 is 0 Å². The number of nitrogens with zero attached hydrogens (tertiary/aromatic N) is 1. The van der Waals surface area contributed by atoms with Gasteiger partial charge in [-0.25, -0.2) is 4.79 Å². The maximum absolute atomic E-state index is 13.9. The molecule has 39 heavy (non-hydrogen) atoms. The van der Waals surface area contributed by atoms with E-state index in [1.165, 1.54) is 11.0 Å². The van der Waals surface area contributed by atoms with Crippen LogP contribution in [-0.4, -0.2) is 57.8 Å². The van der Waals surface area contributed by atoms with Crippen LogP contribution < -0.4 is 10.6 Å². The summed E-state index contributed by atoms with van der Waals surface area (Å²) in [6, 6.07) is 8.76. The lowest BCUT2D eigenvalue weighted by molar-refractivity contribution is -0.141. The predicted molar refractivity (Wildman–Crippen MR) is 152 cm³/mol. The Balaban J connectivity index is 2.53. The number of phenols is 1. The van der Waals surface area contributed by atoms with Gasteiger partial charge in [0.2, 0.25) is 5.91 Å². The Hall–Kier alpha value is -3.30. The van der Waals surface area contributed by atoms with Crippen molar-refractivity contribution < 1.29 is 29.3 Å². The molecule has 2 aromatic carbocycles. The number of aliphatic hydroxyl groups excluding tert-OH is 1. The molecule has 2 atom stereocenters. The van der Waals surface area contributed by atoms with Crippen LogP contribution in [0.3, 0.4) is 0 Å². The topological polar surface area (TPSA) is 128 Å². The van der Waals surface area contributed by atoms with E-state index in [-0.39, 0.29) is 17.9 Å². The van der Waals surface area contributed by atoms with Gasteiger partial charge in [-0.15, -0.1) is 0 Å². The maximum atomic E-state index is 13.9. The first-order chi connectivity index (χ1) is 18.4. The molecule has 2 rings (SSSR count). The minimum atomic E-state index is -1.38. The van der Waals surface area contributed by atoms with Crippen LogP contribution in [0.25, 0.3) is 0 Å². The van der Waals surface area contributed by atoms with E-state index in [9.17, 15) is 24.6 Å². The fraction of sp³-hybridized carbons (Fsp3) is 0.483. The van der Waals surface area contributed by atoms with Gasteiger partial charge in [0, 0.05) is 12.1 Å². The van der Waals surface area contributed by atoms with E-state index < -0.39 is 42.2 Å². The summed E-state index contributed by atoms with van der Waals surface area (Å²) < 4.78 is 5.26. The lowest BCUT2D eigenvalue weighted by Crippen LogP contribution is -2.54. The molecule has 4 N–H and O–H groups in total. The summed E-state index contributed by atoms with van der Waals surface area (Å²) in [5, 5.41) is 26.4. The zero-order valence-electron chi connectivity index (χ0n) is 23.3. The molecule has 0 bridgehead atoms. The fourth-order valence-electron chi connectivity index (χ4n) is 4.06. The lowest BCUT2D eigenvalue weighted by Gasteiger charge is -2.34. The Morgan fingerprint density at radius 3 is 2.33 bits per heavy atom. The third-order valence-electron chi connectivity index (χ3n) is 5.97. The van der Waals surface area contributed by atoms with Crippen LogP contribution in [0.1, 0.15) is 70.5 Å². The molecule has 0 aliphatic heterocycles. The summed E-state index contributed by atoms with van der Waals surface area (Å²) in [4.78, 5) is 41.5. The molecule has 3 amide bonds. The number of alkyl carbamates (subject to hydrolysis) is 1. The van der Waals surface area contributed by atoms with Gasteiger partial charge >= 0.3 is 6.09 Å². The third-order valence-corrected chi connectivity index (χ3v) is 6.28. The number of halogens is 1. The number of carbonyl (C=O) groups excluding carboxylic acids is 3. The van der Waals surface area contributed by atoms with Gasteiger partial charge < -0.3 is 30.5 Å². The number of phenolic OH excluding ortho intramolecular Hbond substituents is 1. The number of nitrogens with one attached hydrogen (secondary N) is 2. The number of amides is 3. The van der Waals surface area contributed by atoms with Crippen molar-refractivity contribution in [2.24, 2.45) is 0 Å². The normalized spacial score (nSPS) is 12.8. The van der Waals surface area contributed by atoms with E-state index in [0.717, 1.165) is 19.3 Å². The number of unbranched alkanes of at least 4 members (excludes halogenated alkanes) is 3. The first-order valence-electron chi connectivity index (χ1n) is 13.1. The molecule has 9 nitrogen and oxygen atoms in total. The van der Waals surface area contributed by atoms with Gasteiger partial charge in [0.15, 0.2) is 0 Å². The third kappa shape index (κ3) is 9.44. The molecule has 0 aliphatic carbocycles. The van der Waals surface area contributed by atoms with Crippen LogP contribution in [0.2, 0.25) is 5.02 Å². The minimum Gasteiger partial charge on any atom is -0.508 e. The van der Waals surface area contributed by atoms with Crippen molar-refractivity contribution in [2.75, 3.05) is 18.5 Å². The summed E-state index contributed by atoms with van der Waals surface area (Å²) in [6.07, 6.45) is 2.36. The molecule has 2 aromatic rings. The quantitative estimate of drug-likeness (QED) is 0.259. The van der Waals surface area contributed by atoms with Gasteiger partial charge in [-0.1, -0.05) is 68.1 Å². The molecule has 214 valence electrons. The molecule has 2 unspecified atom stereocenters. The maximum Gasteiger partial charge on any atom is 0.408 e. The van der Waals surface area contributed by atoms with Crippen LogP contribution in [-0.2, 0) is 14.3 Å². The predicted octanol–water partition coefficient (Wildman–Crippen LogP) is 5.33. The van der Waals surface area contributed by atoms with Crippen molar-refractivity contribution >= 4 is 35.2 Å². The number of aryl methyl sites for hydroxylation is 1. The molecule has 0 fully saturated rings. The molecule has 0 saturated carbocycles. The fourth-order valence-corrected chi connectivity index (χ4v) is 4.33. The number of para-hydroxylation sites is 2. The van der Waals surface area contributed by atoms with Crippen LogP contribution in [0, 0.1) is 6.92 Å². The first kappa shape index (κ1) is 31.9. The molecule has 0 spiro atoms. The van der Waals surface area contributed by atoms with Gasteiger partial charge in [0.25, 0.3) is 5.91 Å². The number of anilines is 1. The summed E-state index contributed by atoms with van der Waals surface area (Å²) in [5.74, 6) is -1.48. The number of aliphatic hydroxyl groups is 1. The second-order valence-corrected chi connectivity index (χ2v) is 10.8. The van der Waals surface area contributed by atoms with E-state index in [1.54, 1.807) is 64.1 Å². The SMILES string of the molecule is CCCCCCN(C(=O)C(CO)NC(=O)OC(C)(C)C)C(C(=O)Nc1c(C)cccc1Cl)c1ccccc1O. The van der Waals surface area contributed by atoms with Gasteiger partial charge in [0.1, 0.15) is 23.4 Å². The van der Waals surface area contributed by atoms with Gasteiger partial charge in [-0.2, -0.15) is 0 Å². The van der Waals surface area contributed by atoms with E-state index in [4.69, 9.17) is 16.3 Å². The van der Waals surface area contributed by atoms with Crippen LogP contribution in [0.5, 0.6) is 5.75 Å². The Morgan fingerprint density at radius 2 is 1.74 bits per heavy atom.